The Morgan fingerprint density at radius 1 is 0.944 bits per heavy atom. The zero-order chi connectivity index (χ0) is 13.0. The van der Waals surface area contributed by atoms with Crippen molar-refractivity contribution in [2.24, 2.45) is 5.73 Å². The molecule has 0 spiro atoms. The normalized spacial score (nSPS) is 12.2. The smallest absolute Gasteiger partial charge is 0.119 e. The molecule has 2 N–H and O–H groups in total. The van der Waals surface area contributed by atoms with Crippen molar-refractivity contribution in [3.8, 4) is 5.75 Å². The molecule has 2 aromatic rings. The van der Waals surface area contributed by atoms with E-state index in [1.54, 1.807) is 0 Å². The standard InChI is InChI=1S/C16H19NO/c1-3-18-15-10-8-14(9-11-15)16(17)13-6-4-12(2)5-7-13/h4-11,16H,3,17H2,1-2H3/t16-/m0/s1. The molecule has 18 heavy (non-hydrogen) atoms. The van der Waals surface area contributed by atoms with E-state index in [9.17, 15) is 0 Å². The third-order valence-electron chi connectivity index (χ3n) is 2.99. The fourth-order valence-electron chi connectivity index (χ4n) is 1.90. The number of hydrogen-bond donors (Lipinski definition) is 1. The Morgan fingerprint density at radius 2 is 1.44 bits per heavy atom. The minimum absolute atomic E-state index is 0.0822. The second kappa shape index (κ2) is 5.69. The third-order valence-corrected chi connectivity index (χ3v) is 2.99. The summed E-state index contributed by atoms with van der Waals surface area (Å²) in [5, 5.41) is 0. The predicted molar refractivity (Wildman–Crippen MR) is 74.8 cm³/mol. The van der Waals surface area contributed by atoms with Crippen LogP contribution in [0.3, 0.4) is 0 Å². The van der Waals surface area contributed by atoms with Gasteiger partial charge in [0.2, 0.25) is 0 Å². The van der Waals surface area contributed by atoms with E-state index >= 15 is 0 Å². The van der Waals surface area contributed by atoms with Crippen LogP contribution in [0.5, 0.6) is 5.75 Å². The van der Waals surface area contributed by atoms with Gasteiger partial charge in [0.25, 0.3) is 0 Å². The summed E-state index contributed by atoms with van der Waals surface area (Å²) in [5.74, 6) is 0.886. The van der Waals surface area contributed by atoms with Gasteiger partial charge in [0.1, 0.15) is 5.75 Å². The highest BCUT2D eigenvalue weighted by Crippen LogP contribution is 2.22. The molecule has 0 saturated carbocycles. The molecule has 0 aromatic heterocycles. The lowest BCUT2D eigenvalue weighted by Crippen LogP contribution is -2.11. The Kier molecular flexibility index (Phi) is 4.00. The summed E-state index contributed by atoms with van der Waals surface area (Å²) in [5.41, 5.74) is 9.73. The van der Waals surface area contributed by atoms with Crippen LogP contribution in [0.2, 0.25) is 0 Å². The first-order chi connectivity index (χ1) is 8.70. The molecule has 1 atom stereocenters. The lowest BCUT2D eigenvalue weighted by molar-refractivity contribution is 0.340. The summed E-state index contributed by atoms with van der Waals surface area (Å²) in [6.07, 6.45) is 0. The molecule has 0 unspecified atom stereocenters. The monoisotopic (exact) mass is 241 g/mol. The Hall–Kier alpha value is -1.80. The van der Waals surface area contributed by atoms with E-state index in [1.165, 1.54) is 5.56 Å². The van der Waals surface area contributed by atoms with Gasteiger partial charge in [-0.1, -0.05) is 42.0 Å². The number of benzene rings is 2. The molecule has 0 bridgehead atoms. The largest absolute Gasteiger partial charge is 0.494 e. The number of ether oxygens (including phenoxy) is 1. The van der Waals surface area contributed by atoms with Crippen LogP contribution in [0.4, 0.5) is 0 Å². The molecular weight excluding hydrogens is 222 g/mol. The predicted octanol–water partition coefficient (Wildman–Crippen LogP) is 3.44. The summed E-state index contributed by atoms with van der Waals surface area (Å²) in [6, 6.07) is 16.2. The molecule has 2 aromatic carbocycles. The zero-order valence-corrected chi connectivity index (χ0v) is 10.9. The molecule has 0 saturated heterocycles. The maximum absolute atomic E-state index is 6.25. The van der Waals surface area contributed by atoms with Crippen LogP contribution in [-0.2, 0) is 0 Å². The first-order valence-corrected chi connectivity index (χ1v) is 6.25. The van der Waals surface area contributed by atoms with Gasteiger partial charge in [-0.05, 0) is 37.1 Å². The minimum Gasteiger partial charge on any atom is -0.494 e. The van der Waals surface area contributed by atoms with Crippen LogP contribution in [0.1, 0.15) is 29.7 Å². The average Bonchev–Trinajstić information content (AvgIpc) is 2.40. The van der Waals surface area contributed by atoms with Crippen LogP contribution in [0.15, 0.2) is 48.5 Å². The summed E-state index contributed by atoms with van der Waals surface area (Å²) in [4.78, 5) is 0. The molecule has 0 aliphatic carbocycles. The molecule has 0 amide bonds. The van der Waals surface area contributed by atoms with E-state index < -0.39 is 0 Å². The summed E-state index contributed by atoms with van der Waals surface area (Å²) in [7, 11) is 0. The van der Waals surface area contributed by atoms with E-state index in [-0.39, 0.29) is 6.04 Å². The van der Waals surface area contributed by atoms with Gasteiger partial charge >= 0.3 is 0 Å². The van der Waals surface area contributed by atoms with Gasteiger partial charge in [-0.25, -0.2) is 0 Å². The van der Waals surface area contributed by atoms with Crippen molar-refractivity contribution < 1.29 is 4.74 Å². The van der Waals surface area contributed by atoms with E-state index in [4.69, 9.17) is 10.5 Å². The van der Waals surface area contributed by atoms with Crippen LogP contribution < -0.4 is 10.5 Å². The average molecular weight is 241 g/mol. The second-order valence-corrected chi connectivity index (χ2v) is 4.39. The Morgan fingerprint density at radius 3 is 1.94 bits per heavy atom. The maximum Gasteiger partial charge on any atom is 0.119 e. The van der Waals surface area contributed by atoms with Crippen molar-refractivity contribution in [2.45, 2.75) is 19.9 Å². The zero-order valence-electron chi connectivity index (χ0n) is 10.9. The van der Waals surface area contributed by atoms with Crippen molar-refractivity contribution in [1.29, 1.82) is 0 Å². The van der Waals surface area contributed by atoms with Gasteiger partial charge < -0.3 is 10.5 Å². The Labute approximate surface area is 108 Å². The van der Waals surface area contributed by atoms with E-state index in [2.05, 4.69) is 31.2 Å². The minimum atomic E-state index is -0.0822. The van der Waals surface area contributed by atoms with Gasteiger partial charge in [0.15, 0.2) is 0 Å². The summed E-state index contributed by atoms with van der Waals surface area (Å²) >= 11 is 0. The summed E-state index contributed by atoms with van der Waals surface area (Å²) in [6.45, 7) is 4.74. The van der Waals surface area contributed by atoms with E-state index in [1.807, 2.05) is 31.2 Å². The highest BCUT2D eigenvalue weighted by Gasteiger charge is 2.08. The van der Waals surface area contributed by atoms with Gasteiger partial charge in [0, 0.05) is 0 Å². The molecular formula is C16H19NO. The first kappa shape index (κ1) is 12.7. The van der Waals surface area contributed by atoms with Crippen molar-refractivity contribution in [3.63, 3.8) is 0 Å². The van der Waals surface area contributed by atoms with Crippen molar-refractivity contribution in [2.75, 3.05) is 6.61 Å². The quantitative estimate of drug-likeness (QED) is 0.890. The van der Waals surface area contributed by atoms with Crippen LogP contribution >= 0.6 is 0 Å². The number of aryl methyl sites for hydroxylation is 1. The maximum atomic E-state index is 6.25. The third kappa shape index (κ3) is 2.90. The molecule has 0 radical (unpaired) electrons. The van der Waals surface area contributed by atoms with E-state index in [0.717, 1.165) is 16.9 Å². The lowest BCUT2D eigenvalue weighted by atomic mass is 9.99. The van der Waals surface area contributed by atoms with Gasteiger partial charge in [-0.2, -0.15) is 0 Å². The van der Waals surface area contributed by atoms with Crippen molar-refractivity contribution in [3.05, 3.63) is 65.2 Å². The molecule has 2 nitrogen and oxygen atoms in total. The fourth-order valence-corrected chi connectivity index (χ4v) is 1.90. The molecule has 0 aliphatic rings. The lowest BCUT2D eigenvalue weighted by Gasteiger charge is -2.13. The molecule has 2 rings (SSSR count). The second-order valence-electron chi connectivity index (χ2n) is 4.39. The number of nitrogens with two attached hydrogens (primary N) is 1. The molecule has 0 aliphatic heterocycles. The van der Waals surface area contributed by atoms with Gasteiger partial charge in [0.05, 0.1) is 12.6 Å². The topological polar surface area (TPSA) is 35.2 Å². The highest BCUT2D eigenvalue weighted by molar-refractivity contribution is 5.35. The molecule has 94 valence electrons. The van der Waals surface area contributed by atoms with Gasteiger partial charge in [-0.15, -0.1) is 0 Å². The highest BCUT2D eigenvalue weighted by atomic mass is 16.5. The first-order valence-electron chi connectivity index (χ1n) is 6.25. The SMILES string of the molecule is CCOc1ccc([C@@H](N)c2ccc(C)cc2)cc1. The number of hydrogen-bond acceptors (Lipinski definition) is 2. The Bertz CT molecular complexity index is 488. The van der Waals surface area contributed by atoms with Crippen molar-refractivity contribution in [1.82, 2.24) is 0 Å². The molecule has 2 heteroatoms. The summed E-state index contributed by atoms with van der Waals surface area (Å²) < 4.78 is 5.42. The van der Waals surface area contributed by atoms with E-state index in [0.29, 0.717) is 6.61 Å². The van der Waals surface area contributed by atoms with Crippen LogP contribution in [0, 0.1) is 6.92 Å². The molecule has 0 fully saturated rings. The number of rotatable bonds is 4. The van der Waals surface area contributed by atoms with Gasteiger partial charge in [-0.3, -0.25) is 0 Å². The van der Waals surface area contributed by atoms with Crippen LogP contribution in [0.25, 0.3) is 0 Å². The van der Waals surface area contributed by atoms with Crippen molar-refractivity contribution >= 4 is 0 Å². The van der Waals surface area contributed by atoms with Crippen LogP contribution in [-0.4, -0.2) is 6.61 Å². The Balaban J connectivity index is 2.17. The fraction of sp³-hybridized carbons (Fsp3) is 0.250. The molecule has 0 heterocycles.